The van der Waals surface area contributed by atoms with Crippen molar-refractivity contribution in [1.82, 2.24) is 20.2 Å². The third-order valence-electron chi connectivity index (χ3n) is 3.42. The van der Waals surface area contributed by atoms with Crippen LogP contribution in [0.5, 0.6) is 0 Å². The third kappa shape index (κ3) is 2.51. The van der Waals surface area contributed by atoms with Crippen molar-refractivity contribution in [2.45, 2.75) is 26.8 Å². The number of aromatic nitrogens is 4. The number of halogens is 1. The van der Waals surface area contributed by atoms with E-state index in [1.165, 1.54) is 4.68 Å². The summed E-state index contributed by atoms with van der Waals surface area (Å²) in [6.45, 7) is 5.28. The van der Waals surface area contributed by atoms with Gasteiger partial charge in [-0.15, -0.1) is 5.10 Å². The molecule has 1 aromatic carbocycles. The Kier molecular flexibility index (Phi) is 4.04. The Balaban J connectivity index is 2.48. The Hall–Kier alpha value is -1.95. The molecule has 0 fully saturated rings. The predicted octanol–water partition coefficient (Wildman–Crippen LogP) is 2.58. The van der Waals surface area contributed by atoms with Crippen molar-refractivity contribution >= 4 is 17.6 Å². The number of tetrazole rings is 1. The zero-order chi connectivity index (χ0) is 14.9. The fourth-order valence-electron chi connectivity index (χ4n) is 1.88. The van der Waals surface area contributed by atoms with Crippen LogP contribution >= 0.6 is 11.6 Å². The molecule has 20 heavy (non-hydrogen) atoms. The molecular formula is C13H15ClN4O2. The molecule has 7 heteroatoms. The summed E-state index contributed by atoms with van der Waals surface area (Å²) in [5, 5.41) is 21.2. The second-order valence-electron chi connectivity index (χ2n) is 4.75. The van der Waals surface area contributed by atoms with Crippen LogP contribution in [0.4, 0.5) is 0 Å². The van der Waals surface area contributed by atoms with Crippen LogP contribution in [0.2, 0.25) is 5.02 Å². The molecular weight excluding hydrogens is 280 g/mol. The van der Waals surface area contributed by atoms with Crippen molar-refractivity contribution in [2.24, 2.45) is 5.92 Å². The smallest absolute Gasteiger partial charge is 0.308 e. The van der Waals surface area contributed by atoms with E-state index >= 15 is 0 Å². The van der Waals surface area contributed by atoms with E-state index in [0.29, 0.717) is 16.4 Å². The molecule has 0 bridgehead atoms. The number of rotatable bonds is 4. The standard InChI is InChI=1S/C13H15ClN4O2/c1-7-5-4-6-10(11(7)14)12-15-16-17-18(12)9(3)8(2)13(19)20/h4-6,8-9H,1-3H3,(H,19,20). The molecule has 0 aliphatic heterocycles. The first-order valence-corrected chi connectivity index (χ1v) is 6.57. The number of aliphatic carboxylic acids is 1. The van der Waals surface area contributed by atoms with Crippen LogP contribution in [0.1, 0.15) is 25.5 Å². The second-order valence-corrected chi connectivity index (χ2v) is 5.13. The van der Waals surface area contributed by atoms with Crippen molar-refractivity contribution in [3.8, 4) is 11.4 Å². The normalized spacial score (nSPS) is 14.0. The topological polar surface area (TPSA) is 80.9 Å². The number of carboxylic acid groups (broad SMARTS) is 1. The van der Waals surface area contributed by atoms with E-state index in [9.17, 15) is 4.79 Å². The fraction of sp³-hybridized carbons (Fsp3) is 0.385. The summed E-state index contributed by atoms with van der Waals surface area (Å²) in [5.41, 5.74) is 1.61. The molecule has 6 nitrogen and oxygen atoms in total. The van der Waals surface area contributed by atoms with Crippen molar-refractivity contribution < 1.29 is 9.90 Å². The van der Waals surface area contributed by atoms with Gasteiger partial charge in [-0.2, -0.15) is 0 Å². The van der Waals surface area contributed by atoms with Crippen LogP contribution in [0.15, 0.2) is 18.2 Å². The summed E-state index contributed by atoms with van der Waals surface area (Å²) in [6, 6.07) is 5.19. The van der Waals surface area contributed by atoms with Gasteiger partial charge in [0, 0.05) is 5.56 Å². The molecule has 0 aliphatic rings. The van der Waals surface area contributed by atoms with E-state index in [-0.39, 0.29) is 6.04 Å². The minimum Gasteiger partial charge on any atom is -0.481 e. The molecule has 1 N–H and O–H groups in total. The summed E-state index contributed by atoms with van der Waals surface area (Å²) in [6.07, 6.45) is 0. The van der Waals surface area contributed by atoms with E-state index in [1.807, 2.05) is 25.1 Å². The molecule has 0 spiro atoms. The molecule has 2 unspecified atom stereocenters. The summed E-state index contributed by atoms with van der Waals surface area (Å²) in [4.78, 5) is 11.1. The molecule has 0 amide bonds. The number of benzene rings is 1. The number of aryl methyl sites for hydroxylation is 1. The number of carbonyl (C=O) groups is 1. The van der Waals surface area contributed by atoms with Gasteiger partial charge in [0.2, 0.25) is 0 Å². The molecule has 0 saturated heterocycles. The highest BCUT2D eigenvalue weighted by Crippen LogP contribution is 2.31. The van der Waals surface area contributed by atoms with Gasteiger partial charge in [-0.05, 0) is 42.8 Å². The van der Waals surface area contributed by atoms with E-state index in [4.69, 9.17) is 16.7 Å². The lowest BCUT2D eigenvalue weighted by molar-refractivity contribution is -0.142. The van der Waals surface area contributed by atoms with Gasteiger partial charge in [0.15, 0.2) is 5.82 Å². The van der Waals surface area contributed by atoms with E-state index in [1.54, 1.807) is 13.8 Å². The van der Waals surface area contributed by atoms with Crippen LogP contribution in [0.3, 0.4) is 0 Å². The molecule has 0 aliphatic carbocycles. The Morgan fingerprint density at radius 1 is 1.40 bits per heavy atom. The molecule has 2 rings (SSSR count). The average Bonchev–Trinajstić information content (AvgIpc) is 2.89. The number of nitrogens with zero attached hydrogens (tertiary/aromatic N) is 4. The van der Waals surface area contributed by atoms with Gasteiger partial charge in [0.25, 0.3) is 0 Å². The molecule has 1 aromatic heterocycles. The molecule has 0 saturated carbocycles. The number of hydrogen-bond acceptors (Lipinski definition) is 4. The van der Waals surface area contributed by atoms with Gasteiger partial charge in [-0.25, -0.2) is 4.68 Å². The minimum atomic E-state index is -0.894. The highest BCUT2D eigenvalue weighted by molar-refractivity contribution is 6.33. The predicted molar refractivity (Wildman–Crippen MR) is 74.5 cm³/mol. The first-order valence-electron chi connectivity index (χ1n) is 6.19. The Morgan fingerprint density at radius 2 is 2.10 bits per heavy atom. The maximum absolute atomic E-state index is 11.1. The Morgan fingerprint density at radius 3 is 2.75 bits per heavy atom. The lowest BCUT2D eigenvalue weighted by Crippen LogP contribution is -2.23. The maximum Gasteiger partial charge on any atom is 0.308 e. The van der Waals surface area contributed by atoms with Crippen molar-refractivity contribution in [3.63, 3.8) is 0 Å². The lowest BCUT2D eigenvalue weighted by atomic mass is 10.0. The number of carboxylic acids is 1. The van der Waals surface area contributed by atoms with Gasteiger partial charge >= 0.3 is 5.97 Å². The molecule has 0 radical (unpaired) electrons. The minimum absolute atomic E-state index is 0.380. The maximum atomic E-state index is 11.1. The van der Waals surface area contributed by atoms with Gasteiger partial charge in [-0.1, -0.05) is 23.7 Å². The first-order chi connectivity index (χ1) is 9.43. The summed E-state index contributed by atoms with van der Waals surface area (Å²) < 4.78 is 1.50. The average molecular weight is 295 g/mol. The van der Waals surface area contributed by atoms with Crippen LogP contribution in [-0.2, 0) is 4.79 Å². The molecule has 2 atom stereocenters. The SMILES string of the molecule is Cc1cccc(-c2nnnn2C(C)C(C)C(=O)O)c1Cl. The van der Waals surface area contributed by atoms with E-state index < -0.39 is 11.9 Å². The third-order valence-corrected chi connectivity index (χ3v) is 3.93. The highest BCUT2D eigenvalue weighted by atomic mass is 35.5. The van der Waals surface area contributed by atoms with Crippen molar-refractivity contribution in [2.75, 3.05) is 0 Å². The zero-order valence-corrected chi connectivity index (χ0v) is 12.2. The summed E-state index contributed by atoms with van der Waals surface area (Å²) >= 11 is 6.28. The summed E-state index contributed by atoms with van der Waals surface area (Å²) in [5.74, 6) is -1.03. The fourth-order valence-corrected chi connectivity index (χ4v) is 2.09. The Bertz CT molecular complexity index is 641. The lowest BCUT2D eigenvalue weighted by Gasteiger charge is -2.17. The van der Waals surface area contributed by atoms with Gasteiger partial charge in [0.1, 0.15) is 0 Å². The van der Waals surface area contributed by atoms with Crippen molar-refractivity contribution in [1.29, 1.82) is 0 Å². The zero-order valence-electron chi connectivity index (χ0n) is 11.4. The van der Waals surface area contributed by atoms with Gasteiger partial charge < -0.3 is 5.11 Å². The van der Waals surface area contributed by atoms with Crippen LogP contribution in [0, 0.1) is 12.8 Å². The largest absolute Gasteiger partial charge is 0.481 e. The van der Waals surface area contributed by atoms with E-state index in [2.05, 4.69) is 15.5 Å². The molecule has 2 aromatic rings. The van der Waals surface area contributed by atoms with Gasteiger partial charge in [0.05, 0.1) is 17.0 Å². The van der Waals surface area contributed by atoms with Crippen LogP contribution in [-0.4, -0.2) is 31.3 Å². The Labute approximate surface area is 121 Å². The van der Waals surface area contributed by atoms with E-state index in [0.717, 1.165) is 5.56 Å². The monoisotopic (exact) mass is 294 g/mol. The summed E-state index contributed by atoms with van der Waals surface area (Å²) in [7, 11) is 0. The molecule has 106 valence electrons. The number of hydrogen-bond donors (Lipinski definition) is 1. The van der Waals surface area contributed by atoms with Crippen molar-refractivity contribution in [3.05, 3.63) is 28.8 Å². The quantitative estimate of drug-likeness (QED) is 0.937. The second kappa shape index (κ2) is 5.58. The van der Waals surface area contributed by atoms with Crippen LogP contribution in [0.25, 0.3) is 11.4 Å². The first kappa shape index (κ1) is 14.5. The van der Waals surface area contributed by atoms with Crippen LogP contribution < -0.4 is 0 Å². The molecule has 1 heterocycles. The highest BCUT2D eigenvalue weighted by Gasteiger charge is 2.25. The van der Waals surface area contributed by atoms with Gasteiger partial charge in [-0.3, -0.25) is 4.79 Å².